The van der Waals surface area contributed by atoms with Gasteiger partial charge in [-0.15, -0.1) is 0 Å². The first kappa shape index (κ1) is 12.4. The molecule has 1 N–H and O–H groups in total. The summed E-state index contributed by atoms with van der Waals surface area (Å²) in [4.78, 5) is 0. The minimum Gasteiger partial charge on any atom is -0.316 e. The van der Waals surface area contributed by atoms with Gasteiger partial charge in [-0.1, -0.05) is 33.1 Å². The van der Waals surface area contributed by atoms with Crippen LogP contribution < -0.4 is 5.32 Å². The number of nitrogens with one attached hydrogen (secondary N) is 1. The van der Waals surface area contributed by atoms with Crippen LogP contribution in [0.1, 0.15) is 39.5 Å². The third-order valence-corrected chi connectivity index (χ3v) is 4.22. The summed E-state index contributed by atoms with van der Waals surface area (Å²) in [6.45, 7) is 7.10. The molecular weight excluding hydrogens is 190 g/mol. The van der Waals surface area contributed by atoms with Crippen molar-refractivity contribution in [3.8, 4) is 0 Å². The first-order valence-electron chi connectivity index (χ1n) is 6.13. The van der Waals surface area contributed by atoms with Gasteiger partial charge >= 0.3 is 0 Å². The van der Waals surface area contributed by atoms with E-state index in [-0.39, 0.29) is 0 Å². The van der Waals surface area contributed by atoms with Gasteiger partial charge in [-0.05, 0) is 30.6 Å². The Morgan fingerprint density at radius 2 is 2.07 bits per heavy atom. The molecule has 1 aliphatic rings. The Morgan fingerprint density at radius 1 is 1.29 bits per heavy atom. The Balaban J connectivity index is 1.99. The van der Waals surface area contributed by atoms with Crippen LogP contribution in [0.2, 0.25) is 0 Å². The maximum absolute atomic E-state index is 3.60. The first-order valence-corrected chi connectivity index (χ1v) is 7.28. The van der Waals surface area contributed by atoms with Crippen molar-refractivity contribution in [1.82, 2.24) is 5.32 Å². The third kappa shape index (κ3) is 4.70. The van der Waals surface area contributed by atoms with Crippen LogP contribution in [0.5, 0.6) is 0 Å². The molecule has 1 nitrogen and oxygen atoms in total. The van der Waals surface area contributed by atoms with Crippen LogP contribution in [0.25, 0.3) is 0 Å². The summed E-state index contributed by atoms with van der Waals surface area (Å²) in [7, 11) is 0. The van der Waals surface area contributed by atoms with Crippen molar-refractivity contribution >= 4 is 11.8 Å². The molecule has 0 radical (unpaired) electrons. The zero-order valence-electron chi connectivity index (χ0n) is 9.72. The highest BCUT2D eigenvalue weighted by atomic mass is 32.2. The molecule has 2 atom stereocenters. The Hall–Kier alpha value is 0.310. The zero-order chi connectivity index (χ0) is 10.2. The lowest BCUT2D eigenvalue weighted by molar-refractivity contribution is 0.249. The molecule has 1 fully saturated rings. The molecule has 0 aromatic heterocycles. The van der Waals surface area contributed by atoms with Crippen LogP contribution in [0.4, 0.5) is 0 Å². The van der Waals surface area contributed by atoms with Crippen LogP contribution in [0, 0.1) is 11.8 Å². The molecule has 0 heterocycles. The van der Waals surface area contributed by atoms with Gasteiger partial charge in [-0.3, -0.25) is 0 Å². The molecule has 1 rings (SSSR count). The van der Waals surface area contributed by atoms with E-state index in [1.165, 1.54) is 50.3 Å². The first-order chi connectivity index (χ1) is 6.84. The van der Waals surface area contributed by atoms with Crippen LogP contribution >= 0.6 is 11.8 Å². The van der Waals surface area contributed by atoms with Gasteiger partial charge < -0.3 is 5.32 Å². The SMILES string of the molecule is CCSCCNCC1CCCCC1C. The molecule has 0 aliphatic heterocycles. The Bertz CT molecular complexity index is 138. The standard InChI is InChI=1S/C12H25NS/c1-3-14-9-8-13-10-12-7-5-4-6-11(12)2/h11-13H,3-10H2,1-2H3. The van der Waals surface area contributed by atoms with E-state index in [0.29, 0.717) is 0 Å². The molecule has 0 saturated heterocycles. The summed E-state index contributed by atoms with van der Waals surface area (Å²) in [5, 5.41) is 3.60. The predicted octanol–water partition coefficient (Wildman–Crippen LogP) is 3.16. The lowest BCUT2D eigenvalue weighted by Gasteiger charge is -2.28. The van der Waals surface area contributed by atoms with E-state index in [0.717, 1.165) is 11.8 Å². The van der Waals surface area contributed by atoms with Crippen LogP contribution in [-0.2, 0) is 0 Å². The molecule has 2 heteroatoms. The quantitative estimate of drug-likeness (QED) is 0.683. The van der Waals surface area contributed by atoms with E-state index in [1.54, 1.807) is 0 Å². The number of hydrogen-bond acceptors (Lipinski definition) is 2. The van der Waals surface area contributed by atoms with Crippen molar-refractivity contribution in [2.45, 2.75) is 39.5 Å². The van der Waals surface area contributed by atoms with Crippen LogP contribution in [0.3, 0.4) is 0 Å². The van der Waals surface area contributed by atoms with Crippen LogP contribution in [0.15, 0.2) is 0 Å². The van der Waals surface area contributed by atoms with Crippen molar-refractivity contribution in [2.24, 2.45) is 11.8 Å². The second-order valence-electron chi connectivity index (χ2n) is 4.42. The topological polar surface area (TPSA) is 12.0 Å². The van der Waals surface area contributed by atoms with Crippen molar-refractivity contribution < 1.29 is 0 Å². The molecule has 2 unspecified atom stereocenters. The maximum Gasteiger partial charge on any atom is 0.00580 e. The normalized spacial score (nSPS) is 27.9. The van der Waals surface area contributed by atoms with Gasteiger partial charge in [-0.2, -0.15) is 11.8 Å². The van der Waals surface area contributed by atoms with Gasteiger partial charge in [0.05, 0.1) is 0 Å². The highest BCUT2D eigenvalue weighted by Crippen LogP contribution is 2.28. The van der Waals surface area contributed by atoms with E-state index in [4.69, 9.17) is 0 Å². The molecular formula is C12H25NS. The van der Waals surface area contributed by atoms with E-state index >= 15 is 0 Å². The van der Waals surface area contributed by atoms with Gasteiger partial charge in [0.25, 0.3) is 0 Å². The average Bonchev–Trinajstić information content (AvgIpc) is 2.20. The van der Waals surface area contributed by atoms with Gasteiger partial charge in [-0.25, -0.2) is 0 Å². The third-order valence-electron chi connectivity index (χ3n) is 3.32. The van der Waals surface area contributed by atoms with E-state index in [1.807, 2.05) is 11.8 Å². The molecule has 0 bridgehead atoms. The minimum absolute atomic E-state index is 0.954. The Morgan fingerprint density at radius 3 is 2.79 bits per heavy atom. The van der Waals surface area contributed by atoms with Crippen molar-refractivity contribution in [3.63, 3.8) is 0 Å². The molecule has 0 spiro atoms. The highest BCUT2D eigenvalue weighted by Gasteiger charge is 2.20. The van der Waals surface area contributed by atoms with E-state index in [9.17, 15) is 0 Å². The van der Waals surface area contributed by atoms with E-state index in [2.05, 4.69) is 19.2 Å². The minimum atomic E-state index is 0.954. The number of hydrogen-bond donors (Lipinski definition) is 1. The lowest BCUT2D eigenvalue weighted by Crippen LogP contribution is -2.30. The summed E-state index contributed by atoms with van der Waals surface area (Å²) in [5.74, 6) is 4.43. The fourth-order valence-corrected chi connectivity index (χ4v) is 2.85. The van der Waals surface area contributed by atoms with Gasteiger partial charge in [0.1, 0.15) is 0 Å². The van der Waals surface area contributed by atoms with Gasteiger partial charge in [0, 0.05) is 12.3 Å². The zero-order valence-corrected chi connectivity index (χ0v) is 10.5. The van der Waals surface area contributed by atoms with Crippen molar-refractivity contribution in [3.05, 3.63) is 0 Å². The molecule has 0 aromatic rings. The second kappa shape index (κ2) is 7.58. The monoisotopic (exact) mass is 215 g/mol. The second-order valence-corrected chi connectivity index (χ2v) is 5.82. The van der Waals surface area contributed by atoms with Crippen molar-refractivity contribution in [1.29, 1.82) is 0 Å². The fourth-order valence-electron chi connectivity index (χ4n) is 2.27. The number of rotatable bonds is 6. The predicted molar refractivity (Wildman–Crippen MR) is 67.0 cm³/mol. The molecule has 0 aromatic carbocycles. The Kier molecular flexibility index (Phi) is 6.70. The lowest BCUT2D eigenvalue weighted by atomic mass is 9.80. The molecule has 1 aliphatic carbocycles. The largest absolute Gasteiger partial charge is 0.316 e. The molecule has 84 valence electrons. The smallest absolute Gasteiger partial charge is 0.00580 e. The summed E-state index contributed by atoms with van der Waals surface area (Å²) in [6.07, 6.45) is 5.83. The summed E-state index contributed by atoms with van der Waals surface area (Å²) < 4.78 is 0. The Labute approximate surface area is 93.4 Å². The molecule has 14 heavy (non-hydrogen) atoms. The fraction of sp³-hybridized carbons (Fsp3) is 1.00. The van der Waals surface area contributed by atoms with E-state index < -0.39 is 0 Å². The van der Waals surface area contributed by atoms with Crippen LogP contribution in [-0.4, -0.2) is 24.6 Å². The molecule has 0 amide bonds. The maximum atomic E-state index is 3.60. The average molecular weight is 215 g/mol. The summed E-state index contributed by atoms with van der Waals surface area (Å²) in [5.41, 5.74) is 0. The summed E-state index contributed by atoms with van der Waals surface area (Å²) in [6, 6.07) is 0. The number of thioether (sulfide) groups is 1. The highest BCUT2D eigenvalue weighted by molar-refractivity contribution is 7.99. The molecule has 1 saturated carbocycles. The van der Waals surface area contributed by atoms with Gasteiger partial charge in [0.2, 0.25) is 0 Å². The summed E-state index contributed by atoms with van der Waals surface area (Å²) >= 11 is 2.03. The van der Waals surface area contributed by atoms with Gasteiger partial charge in [0.15, 0.2) is 0 Å². The van der Waals surface area contributed by atoms with Crippen molar-refractivity contribution in [2.75, 3.05) is 24.6 Å².